The number of rotatable bonds is 5. The van der Waals surface area contributed by atoms with Crippen LogP contribution < -0.4 is 5.73 Å². The van der Waals surface area contributed by atoms with Crippen molar-refractivity contribution < 1.29 is 22.4 Å². The fourth-order valence-corrected chi connectivity index (χ4v) is 3.39. The third-order valence-corrected chi connectivity index (χ3v) is 4.88. The smallest absolute Gasteiger partial charge is 0.224 e. The van der Waals surface area contributed by atoms with E-state index in [9.17, 15) is 18.0 Å². The maximum Gasteiger partial charge on any atom is 0.224 e. The first kappa shape index (κ1) is 21.8. The Bertz CT molecular complexity index is 1040. The minimum Gasteiger partial charge on any atom is -0.463 e. The van der Waals surface area contributed by atoms with Crippen LogP contribution in [0.2, 0.25) is 0 Å². The van der Waals surface area contributed by atoms with Crippen molar-refractivity contribution in [3.05, 3.63) is 59.2 Å². The molecule has 7 nitrogen and oxygen atoms in total. The average molecular weight is 442 g/mol. The molecule has 2 aromatic heterocycles. The standard InChI is InChI=1S/C19H18F3N5O2.ClH/c20-13-9-15(22)14(21)7-11(13)6-12(23)8-18(28)26-3-4-27-16(10-26)19(24-25-27)17-2-1-5-29-17;/h1-2,5,7,9,12H,3-4,6,8,10,23H2;1H/t12-;/m1./s1. The molecule has 3 heterocycles. The van der Waals surface area contributed by atoms with Crippen LogP contribution in [0, 0.1) is 17.5 Å². The van der Waals surface area contributed by atoms with Gasteiger partial charge in [-0.3, -0.25) is 4.79 Å². The first-order valence-corrected chi connectivity index (χ1v) is 9.05. The number of halogens is 4. The third kappa shape index (κ3) is 4.34. The van der Waals surface area contributed by atoms with Gasteiger partial charge in [0.1, 0.15) is 5.82 Å². The van der Waals surface area contributed by atoms with Crippen molar-refractivity contribution in [3.63, 3.8) is 0 Å². The summed E-state index contributed by atoms with van der Waals surface area (Å²) in [4.78, 5) is 14.3. The number of benzene rings is 1. The van der Waals surface area contributed by atoms with E-state index in [1.54, 1.807) is 21.7 Å². The molecule has 0 radical (unpaired) electrons. The van der Waals surface area contributed by atoms with E-state index in [1.807, 2.05) is 0 Å². The number of hydrogen-bond donors (Lipinski definition) is 1. The van der Waals surface area contributed by atoms with Gasteiger partial charge in [0.25, 0.3) is 0 Å². The molecule has 0 unspecified atom stereocenters. The Labute approximate surface area is 176 Å². The molecule has 1 aliphatic heterocycles. The van der Waals surface area contributed by atoms with E-state index in [4.69, 9.17) is 10.2 Å². The Morgan fingerprint density at radius 2 is 1.97 bits per heavy atom. The Hall–Kier alpha value is -2.85. The molecular formula is C19H19ClF3N5O2. The highest BCUT2D eigenvalue weighted by atomic mass is 35.5. The monoisotopic (exact) mass is 441 g/mol. The summed E-state index contributed by atoms with van der Waals surface area (Å²) in [6, 6.07) is 4.02. The molecule has 0 bridgehead atoms. The van der Waals surface area contributed by atoms with Gasteiger partial charge in [0.05, 0.1) is 25.0 Å². The molecule has 11 heteroatoms. The molecule has 1 aliphatic rings. The molecule has 1 aromatic carbocycles. The molecule has 160 valence electrons. The van der Waals surface area contributed by atoms with Gasteiger partial charge in [-0.05, 0) is 30.2 Å². The number of aromatic nitrogens is 3. The highest BCUT2D eigenvalue weighted by Crippen LogP contribution is 2.25. The van der Waals surface area contributed by atoms with E-state index in [-0.39, 0.29) is 43.3 Å². The summed E-state index contributed by atoms with van der Waals surface area (Å²) < 4.78 is 47.3. The molecular weight excluding hydrogens is 423 g/mol. The number of carbonyl (C=O) groups excluding carboxylic acids is 1. The van der Waals surface area contributed by atoms with Crippen molar-refractivity contribution in [2.24, 2.45) is 5.73 Å². The zero-order valence-electron chi connectivity index (χ0n) is 15.7. The molecule has 0 aliphatic carbocycles. The van der Waals surface area contributed by atoms with Gasteiger partial charge >= 0.3 is 0 Å². The lowest BCUT2D eigenvalue weighted by Crippen LogP contribution is -2.41. The van der Waals surface area contributed by atoms with Crippen molar-refractivity contribution in [2.45, 2.75) is 32.0 Å². The van der Waals surface area contributed by atoms with Crippen LogP contribution in [0.3, 0.4) is 0 Å². The average Bonchev–Trinajstić information content (AvgIpc) is 3.34. The van der Waals surface area contributed by atoms with Crippen LogP contribution in [-0.2, 0) is 24.3 Å². The number of furan rings is 1. The van der Waals surface area contributed by atoms with Crippen LogP contribution in [0.1, 0.15) is 17.7 Å². The molecule has 0 saturated carbocycles. The summed E-state index contributed by atoms with van der Waals surface area (Å²) in [7, 11) is 0. The predicted octanol–water partition coefficient (Wildman–Crippen LogP) is 2.68. The van der Waals surface area contributed by atoms with Crippen LogP contribution in [-0.4, -0.2) is 38.4 Å². The number of nitrogens with two attached hydrogens (primary N) is 1. The molecule has 0 saturated heterocycles. The molecule has 4 rings (SSSR count). The molecule has 0 fully saturated rings. The van der Waals surface area contributed by atoms with E-state index in [1.165, 1.54) is 6.26 Å². The third-order valence-electron chi connectivity index (χ3n) is 4.88. The van der Waals surface area contributed by atoms with E-state index in [2.05, 4.69) is 10.3 Å². The largest absolute Gasteiger partial charge is 0.463 e. The zero-order valence-corrected chi connectivity index (χ0v) is 16.5. The van der Waals surface area contributed by atoms with Crippen molar-refractivity contribution in [1.29, 1.82) is 0 Å². The fraction of sp³-hybridized carbons (Fsp3) is 0.316. The summed E-state index contributed by atoms with van der Waals surface area (Å²) in [5, 5.41) is 8.21. The quantitative estimate of drug-likeness (QED) is 0.615. The van der Waals surface area contributed by atoms with Gasteiger partial charge in [0, 0.05) is 25.1 Å². The van der Waals surface area contributed by atoms with E-state index in [0.717, 1.165) is 11.8 Å². The van der Waals surface area contributed by atoms with Gasteiger partial charge in [-0.1, -0.05) is 5.21 Å². The lowest BCUT2D eigenvalue weighted by molar-refractivity contribution is -0.133. The molecule has 1 amide bonds. The lowest BCUT2D eigenvalue weighted by Gasteiger charge is -2.28. The van der Waals surface area contributed by atoms with Gasteiger partial charge in [-0.25, -0.2) is 17.9 Å². The summed E-state index contributed by atoms with van der Waals surface area (Å²) in [5.41, 5.74) is 7.23. The van der Waals surface area contributed by atoms with Crippen LogP contribution in [0.4, 0.5) is 13.2 Å². The Morgan fingerprint density at radius 1 is 1.20 bits per heavy atom. The number of carbonyl (C=O) groups is 1. The Kier molecular flexibility index (Phi) is 6.47. The first-order valence-electron chi connectivity index (χ1n) is 9.05. The molecule has 2 N–H and O–H groups in total. The Balaban J connectivity index is 0.00000256. The maximum absolute atomic E-state index is 13.8. The number of hydrogen-bond acceptors (Lipinski definition) is 5. The van der Waals surface area contributed by atoms with Crippen LogP contribution >= 0.6 is 12.4 Å². The molecule has 3 aromatic rings. The molecule has 30 heavy (non-hydrogen) atoms. The predicted molar refractivity (Wildman–Crippen MR) is 103 cm³/mol. The number of fused-ring (bicyclic) bond motifs is 1. The second-order valence-corrected chi connectivity index (χ2v) is 6.93. The maximum atomic E-state index is 13.8. The second kappa shape index (κ2) is 8.88. The summed E-state index contributed by atoms with van der Waals surface area (Å²) in [6.45, 7) is 1.19. The molecule has 0 spiro atoms. The fourth-order valence-electron chi connectivity index (χ4n) is 3.39. The van der Waals surface area contributed by atoms with Gasteiger partial charge in [-0.15, -0.1) is 17.5 Å². The minimum absolute atomic E-state index is 0. The second-order valence-electron chi connectivity index (χ2n) is 6.93. The van der Waals surface area contributed by atoms with Gasteiger partial charge in [0.15, 0.2) is 23.1 Å². The molecule has 1 atom stereocenters. The highest BCUT2D eigenvalue weighted by Gasteiger charge is 2.27. The van der Waals surface area contributed by atoms with E-state index >= 15 is 0 Å². The highest BCUT2D eigenvalue weighted by molar-refractivity contribution is 5.85. The van der Waals surface area contributed by atoms with Crippen molar-refractivity contribution >= 4 is 18.3 Å². The Morgan fingerprint density at radius 3 is 2.70 bits per heavy atom. The lowest BCUT2D eigenvalue weighted by atomic mass is 10.0. The van der Waals surface area contributed by atoms with Gasteiger partial charge in [-0.2, -0.15) is 0 Å². The van der Waals surface area contributed by atoms with E-state index < -0.39 is 23.5 Å². The zero-order chi connectivity index (χ0) is 20.5. The van der Waals surface area contributed by atoms with Crippen LogP contribution in [0.5, 0.6) is 0 Å². The van der Waals surface area contributed by atoms with Gasteiger partial charge in [0.2, 0.25) is 5.91 Å². The summed E-state index contributed by atoms with van der Waals surface area (Å²) in [6.07, 6.45) is 1.39. The minimum atomic E-state index is -1.26. The van der Waals surface area contributed by atoms with Gasteiger partial charge < -0.3 is 15.1 Å². The van der Waals surface area contributed by atoms with Crippen molar-refractivity contribution in [3.8, 4) is 11.5 Å². The van der Waals surface area contributed by atoms with E-state index in [0.29, 0.717) is 30.6 Å². The topological polar surface area (TPSA) is 90.2 Å². The number of nitrogens with zero attached hydrogens (tertiary/aromatic N) is 4. The van der Waals surface area contributed by atoms with Crippen LogP contribution in [0.15, 0.2) is 34.9 Å². The number of amides is 1. The van der Waals surface area contributed by atoms with Crippen molar-refractivity contribution in [1.82, 2.24) is 19.9 Å². The summed E-state index contributed by atoms with van der Waals surface area (Å²) >= 11 is 0. The normalized spacial score (nSPS) is 14.2. The first-order chi connectivity index (χ1) is 13.9. The van der Waals surface area contributed by atoms with Crippen LogP contribution in [0.25, 0.3) is 11.5 Å². The summed E-state index contributed by atoms with van der Waals surface area (Å²) in [5.74, 6) is -2.96. The van der Waals surface area contributed by atoms with Crippen molar-refractivity contribution in [2.75, 3.05) is 6.54 Å². The SMILES string of the molecule is Cl.N[C@@H](CC(=O)N1CCn2nnc(-c3ccco3)c2C1)Cc1cc(F)c(F)cc1F.